The van der Waals surface area contributed by atoms with Crippen LogP contribution in [0.2, 0.25) is 0 Å². The normalized spacial score (nSPS) is 25.9. The number of carbonyl (C=O) groups is 3. The van der Waals surface area contributed by atoms with Crippen LogP contribution in [0, 0.1) is 11.8 Å². The zero-order valence-corrected chi connectivity index (χ0v) is 18.6. The maximum atomic E-state index is 13.8. The summed E-state index contributed by atoms with van der Waals surface area (Å²) < 4.78 is 5.42. The van der Waals surface area contributed by atoms with Crippen LogP contribution in [0.1, 0.15) is 73.6 Å². The number of rotatable bonds is 7. The molecule has 2 aromatic carbocycles. The maximum absolute atomic E-state index is 13.8. The lowest BCUT2D eigenvalue weighted by Crippen LogP contribution is -2.46. The molecule has 1 aliphatic heterocycles. The van der Waals surface area contributed by atoms with Crippen LogP contribution >= 0.6 is 0 Å². The summed E-state index contributed by atoms with van der Waals surface area (Å²) in [5.41, 5.74) is 4.55. The molecule has 5 nitrogen and oxygen atoms in total. The lowest BCUT2D eigenvalue weighted by atomic mass is 9.55. The van der Waals surface area contributed by atoms with E-state index >= 15 is 0 Å². The largest absolute Gasteiger partial charge is 0.464 e. The Hall–Kier alpha value is -2.95. The van der Waals surface area contributed by atoms with Gasteiger partial charge in [0, 0.05) is 11.8 Å². The van der Waals surface area contributed by atoms with E-state index in [9.17, 15) is 14.4 Å². The Kier molecular flexibility index (Phi) is 5.36. The molecule has 0 radical (unpaired) electrons. The van der Waals surface area contributed by atoms with Gasteiger partial charge in [-0.25, -0.2) is 4.79 Å². The third-order valence-electron chi connectivity index (χ3n) is 7.35. The SMILES string of the molecule is CCCCC(C(=O)OCCC)N1C(=O)C2C3c4ccccc4C(c4ccccc43)C2C1=O. The van der Waals surface area contributed by atoms with Gasteiger partial charge in [-0.3, -0.25) is 14.5 Å². The van der Waals surface area contributed by atoms with Crippen molar-refractivity contribution in [2.24, 2.45) is 11.8 Å². The molecule has 3 aliphatic carbocycles. The summed E-state index contributed by atoms with van der Waals surface area (Å²) >= 11 is 0. The van der Waals surface area contributed by atoms with E-state index < -0.39 is 23.8 Å². The van der Waals surface area contributed by atoms with E-state index in [0.717, 1.165) is 35.1 Å². The van der Waals surface area contributed by atoms with Crippen molar-refractivity contribution in [1.29, 1.82) is 0 Å². The van der Waals surface area contributed by atoms with E-state index in [1.165, 1.54) is 4.90 Å². The summed E-state index contributed by atoms with van der Waals surface area (Å²) in [6, 6.07) is 15.5. The van der Waals surface area contributed by atoms with Gasteiger partial charge >= 0.3 is 5.97 Å². The van der Waals surface area contributed by atoms with Gasteiger partial charge in [-0.15, -0.1) is 0 Å². The average molecular weight is 432 g/mol. The van der Waals surface area contributed by atoms with E-state index in [4.69, 9.17) is 4.74 Å². The second-order valence-corrected chi connectivity index (χ2v) is 9.14. The molecule has 0 saturated carbocycles. The number of imide groups is 1. The van der Waals surface area contributed by atoms with Crippen LogP contribution in [0.25, 0.3) is 0 Å². The molecule has 2 amide bonds. The second-order valence-electron chi connectivity index (χ2n) is 9.14. The summed E-state index contributed by atoms with van der Waals surface area (Å²) in [7, 11) is 0. The Bertz CT molecular complexity index is 961. The third-order valence-corrected chi connectivity index (χ3v) is 7.35. The Morgan fingerprint density at radius 1 is 0.844 bits per heavy atom. The van der Waals surface area contributed by atoms with Crippen molar-refractivity contribution in [1.82, 2.24) is 4.90 Å². The summed E-state index contributed by atoms with van der Waals surface area (Å²) in [5, 5.41) is 0. The molecule has 6 rings (SSSR count). The Balaban J connectivity index is 1.59. The topological polar surface area (TPSA) is 63.7 Å². The standard InChI is InChI=1S/C27H29NO4/c1-3-5-14-20(27(31)32-15-4-2)28-25(29)23-21-16-10-6-7-11-17(16)22(24(23)26(28)30)19-13-9-8-12-18(19)21/h6-13,20-24H,3-5,14-15H2,1-2H3. The molecule has 3 atom stereocenters. The van der Waals surface area contributed by atoms with Crippen LogP contribution in [0.4, 0.5) is 0 Å². The highest BCUT2D eigenvalue weighted by Crippen LogP contribution is 2.61. The predicted octanol–water partition coefficient (Wildman–Crippen LogP) is 4.39. The molecule has 1 fully saturated rings. The number of hydrogen-bond donors (Lipinski definition) is 0. The molecule has 1 saturated heterocycles. The molecule has 32 heavy (non-hydrogen) atoms. The number of carbonyl (C=O) groups excluding carboxylic acids is 3. The van der Waals surface area contributed by atoms with Crippen LogP contribution in [0.5, 0.6) is 0 Å². The van der Waals surface area contributed by atoms with Crippen molar-refractivity contribution in [3.8, 4) is 0 Å². The first-order valence-corrected chi connectivity index (χ1v) is 11.8. The monoisotopic (exact) mass is 431 g/mol. The van der Waals surface area contributed by atoms with E-state index in [2.05, 4.69) is 24.3 Å². The van der Waals surface area contributed by atoms with Gasteiger partial charge in [0.15, 0.2) is 0 Å². The minimum atomic E-state index is -0.835. The zero-order valence-electron chi connectivity index (χ0n) is 18.6. The highest BCUT2D eigenvalue weighted by molar-refractivity contribution is 6.10. The van der Waals surface area contributed by atoms with E-state index in [-0.39, 0.29) is 23.7 Å². The maximum Gasteiger partial charge on any atom is 0.329 e. The number of benzene rings is 2. The molecular formula is C27H29NO4. The van der Waals surface area contributed by atoms with Gasteiger partial charge in [0.1, 0.15) is 6.04 Å². The van der Waals surface area contributed by atoms with Crippen molar-refractivity contribution >= 4 is 17.8 Å². The fraction of sp³-hybridized carbons (Fsp3) is 0.444. The number of amides is 2. The minimum absolute atomic E-state index is 0.155. The fourth-order valence-electron chi connectivity index (χ4n) is 6.06. The summed E-state index contributed by atoms with van der Waals surface area (Å²) in [4.78, 5) is 41.9. The Morgan fingerprint density at radius 2 is 1.31 bits per heavy atom. The zero-order chi connectivity index (χ0) is 22.4. The fourth-order valence-corrected chi connectivity index (χ4v) is 6.06. The van der Waals surface area contributed by atoms with Crippen molar-refractivity contribution < 1.29 is 19.1 Å². The number of ether oxygens (including phenoxy) is 1. The molecule has 2 aromatic rings. The second kappa shape index (κ2) is 8.19. The molecule has 1 heterocycles. The van der Waals surface area contributed by atoms with Gasteiger partial charge in [0.2, 0.25) is 11.8 Å². The predicted molar refractivity (Wildman–Crippen MR) is 120 cm³/mol. The molecule has 3 unspecified atom stereocenters. The smallest absolute Gasteiger partial charge is 0.329 e. The molecule has 4 aliphatic rings. The average Bonchev–Trinajstić information content (AvgIpc) is 3.09. The number of nitrogens with zero attached hydrogens (tertiary/aromatic N) is 1. The van der Waals surface area contributed by atoms with Crippen molar-refractivity contribution in [3.63, 3.8) is 0 Å². The van der Waals surface area contributed by atoms with Crippen LogP contribution in [-0.2, 0) is 19.1 Å². The van der Waals surface area contributed by atoms with Gasteiger partial charge in [0.25, 0.3) is 0 Å². The highest BCUT2D eigenvalue weighted by Gasteiger charge is 2.63. The van der Waals surface area contributed by atoms with Gasteiger partial charge in [-0.2, -0.15) is 0 Å². The Labute approximate surface area is 188 Å². The number of likely N-dealkylation sites (tertiary alicyclic amines) is 1. The van der Waals surface area contributed by atoms with Gasteiger partial charge in [-0.05, 0) is 35.1 Å². The van der Waals surface area contributed by atoms with Crippen molar-refractivity contribution in [2.75, 3.05) is 6.61 Å². The third kappa shape index (κ3) is 2.94. The molecule has 2 bridgehead atoms. The van der Waals surface area contributed by atoms with Gasteiger partial charge < -0.3 is 4.74 Å². The summed E-state index contributed by atoms with van der Waals surface area (Å²) in [6.07, 6.45) is 2.79. The van der Waals surface area contributed by atoms with Crippen LogP contribution < -0.4 is 0 Å². The van der Waals surface area contributed by atoms with E-state index in [1.807, 2.05) is 38.1 Å². The first-order valence-electron chi connectivity index (χ1n) is 11.8. The first-order chi connectivity index (χ1) is 15.6. The quantitative estimate of drug-likeness (QED) is 0.482. The molecule has 0 spiro atoms. The van der Waals surface area contributed by atoms with E-state index in [0.29, 0.717) is 19.4 Å². The van der Waals surface area contributed by atoms with E-state index in [1.54, 1.807) is 0 Å². The van der Waals surface area contributed by atoms with Crippen molar-refractivity contribution in [3.05, 3.63) is 70.8 Å². The Morgan fingerprint density at radius 3 is 1.72 bits per heavy atom. The summed E-state index contributed by atoms with van der Waals surface area (Å²) in [6.45, 7) is 4.27. The molecular weight excluding hydrogens is 402 g/mol. The van der Waals surface area contributed by atoms with Crippen LogP contribution in [-0.4, -0.2) is 35.3 Å². The molecule has 5 heteroatoms. The highest BCUT2D eigenvalue weighted by atomic mass is 16.5. The lowest BCUT2D eigenvalue weighted by Gasteiger charge is -2.45. The number of unbranched alkanes of at least 4 members (excludes halogenated alkanes) is 1. The minimum Gasteiger partial charge on any atom is -0.464 e. The van der Waals surface area contributed by atoms with Crippen LogP contribution in [0.3, 0.4) is 0 Å². The molecule has 0 aromatic heterocycles. The van der Waals surface area contributed by atoms with Gasteiger partial charge in [-0.1, -0.05) is 75.2 Å². The number of esters is 1. The van der Waals surface area contributed by atoms with Gasteiger partial charge in [0.05, 0.1) is 18.4 Å². The molecule has 166 valence electrons. The van der Waals surface area contributed by atoms with Crippen LogP contribution in [0.15, 0.2) is 48.5 Å². The van der Waals surface area contributed by atoms with Crippen molar-refractivity contribution in [2.45, 2.75) is 57.4 Å². The molecule has 0 N–H and O–H groups in total. The lowest BCUT2D eigenvalue weighted by molar-refractivity contribution is -0.159. The summed E-state index contributed by atoms with van der Waals surface area (Å²) in [5.74, 6) is -2.11. The first kappa shape index (κ1) is 20.9. The number of hydrogen-bond acceptors (Lipinski definition) is 4.